The third-order valence-electron chi connectivity index (χ3n) is 4.75. The Morgan fingerprint density at radius 3 is 3.00 bits per heavy atom. The number of carbonyl (C=O) groups is 1. The molecule has 1 fully saturated rings. The van der Waals surface area contributed by atoms with E-state index in [2.05, 4.69) is 17.3 Å². The summed E-state index contributed by atoms with van der Waals surface area (Å²) in [6.07, 6.45) is 4.60. The Morgan fingerprint density at radius 2 is 2.23 bits per heavy atom. The quantitative estimate of drug-likeness (QED) is 0.778. The Bertz CT molecular complexity index is 814. The van der Waals surface area contributed by atoms with E-state index in [4.69, 9.17) is 21.4 Å². The fourth-order valence-corrected chi connectivity index (χ4v) is 3.48. The molecular weight excluding hydrogens is 350 g/mol. The lowest BCUT2D eigenvalue weighted by atomic mass is 9.86. The number of rotatable bonds is 6. The van der Waals surface area contributed by atoms with Gasteiger partial charge in [0.15, 0.2) is 6.61 Å². The van der Waals surface area contributed by atoms with Crippen molar-refractivity contribution in [2.75, 3.05) is 0 Å². The van der Waals surface area contributed by atoms with Crippen LogP contribution in [-0.4, -0.2) is 21.7 Å². The third-order valence-corrected chi connectivity index (χ3v) is 5.05. The van der Waals surface area contributed by atoms with Crippen molar-refractivity contribution in [3.05, 3.63) is 40.6 Å². The van der Waals surface area contributed by atoms with Crippen molar-refractivity contribution in [1.82, 2.24) is 15.1 Å². The van der Waals surface area contributed by atoms with Crippen LogP contribution >= 0.6 is 12.2 Å². The molecule has 0 spiro atoms. The molecule has 1 saturated carbocycles. The molecule has 1 aliphatic carbocycles. The number of aromatic nitrogens is 2. The first-order valence-electron chi connectivity index (χ1n) is 9.07. The Morgan fingerprint density at radius 1 is 1.42 bits per heavy atom. The van der Waals surface area contributed by atoms with Gasteiger partial charge in [0, 0.05) is 6.04 Å². The second-order valence-electron chi connectivity index (χ2n) is 6.96. The lowest BCUT2D eigenvalue weighted by molar-refractivity contribution is -0.123. The molecule has 1 heterocycles. The number of ether oxygens (including phenoxy) is 1. The van der Waals surface area contributed by atoms with Crippen molar-refractivity contribution in [2.24, 2.45) is 5.92 Å². The maximum Gasteiger partial charge on any atom is 0.287 e. The molecule has 2 atom stereocenters. The van der Waals surface area contributed by atoms with E-state index < -0.39 is 0 Å². The summed E-state index contributed by atoms with van der Waals surface area (Å²) in [6.45, 7) is 4.42. The molecule has 1 aromatic heterocycles. The highest BCUT2D eigenvalue weighted by Crippen LogP contribution is 2.23. The van der Waals surface area contributed by atoms with Crippen molar-refractivity contribution in [3.63, 3.8) is 0 Å². The van der Waals surface area contributed by atoms with Gasteiger partial charge in [-0.2, -0.15) is 0 Å². The van der Waals surface area contributed by atoms with E-state index in [1.165, 1.54) is 17.5 Å². The van der Waals surface area contributed by atoms with Gasteiger partial charge in [0.2, 0.25) is 5.91 Å². The zero-order valence-corrected chi connectivity index (χ0v) is 16.1. The Kier molecular flexibility index (Phi) is 6.08. The summed E-state index contributed by atoms with van der Waals surface area (Å²) in [5.74, 6) is 1.52. The Labute approximate surface area is 158 Å². The summed E-state index contributed by atoms with van der Waals surface area (Å²) < 4.78 is 12.5. The molecule has 0 aliphatic heterocycles. The van der Waals surface area contributed by atoms with Crippen LogP contribution in [0, 0.1) is 17.7 Å². The Balaban J connectivity index is 1.55. The summed E-state index contributed by atoms with van der Waals surface area (Å²) >= 11 is 5.17. The lowest BCUT2D eigenvalue weighted by Gasteiger charge is -2.29. The minimum atomic E-state index is -0.0840. The van der Waals surface area contributed by atoms with Gasteiger partial charge in [-0.3, -0.25) is 4.79 Å². The van der Waals surface area contributed by atoms with Crippen LogP contribution in [0.4, 0.5) is 0 Å². The summed E-state index contributed by atoms with van der Waals surface area (Å²) in [6, 6.07) is 7.97. The van der Waals surface area contributed by atoms with E-state index >= 15 is 0 Å². The van der Waals surface area contributed by atoms with Crippen LogP contribution in [0.25, 0.3) is 0 Å². The van der Waals surface area contributed by atoms with Gasteiger partial charge >= 0.3 is 0 Å². The zero-order chi connectivity index (χ0) is 18.5. The number of nitrogens with one attached hydrogen (secondary N) is 1. The van der Waals surface area contributed by atoms with E-state index in [-0.39, 0.29) is 29.9 Å². The van der Waals surface area contributed by atoms with Gasteiger partial charge in [-0.25, -0.2) is 4.68 Å². The monoisotopic (exact) mass is 375 g/mol. The Hall–Kier alpha value is -2.15. The van der Waals surface area contributed by atoms with Crippen molar-refractivity contribution in [2.45, 2.75) is 58.7 Å². The van der Waals surface area contributed by atoms with Gasteiger partial charge in [-0.15, -0.1) is 5.10 Å². The minimum Gasteiger partial charge on any atom is -0.484 e. The zero-order valence-electron chi connectivity index (χ0n) is 15.2. The van der Waals surface area contributed by atoms with E-state index in [0.717, 1.165) is 24.2 Å². The van der Waals surface area contributed by atoms with Crippen LogP contribution < -0.4 is 10.1 Å². The molecule has 2 aromatic rings. The maximum atomic E-state index is 12.3. The fourth-order valence-electron chi connectivity index (χ4n) is 3.28. The first kappa shape index (κ1) is 18.6. The molecule has 0 saturated heterocycles. The van der Waals surface area contributed by atoms with E-state index in [1.54, 1.807) is 0 Å². The van der Waals surface area contributed by atoms with Crippen LogP contribution in [0.1, 0.15) is 44.1 Å². The highest BCUT2D eigenvalue weighted by molar-refractivity contribution is 7.71. The fraction of sp³-hybridized carbons (Fsp3) is 0.526. The number of hydrogen-bond acceptors (Lipinski definition) is 5. The largest absolute Gasteiger partial charge is 0.484 e. The van der Waals surface area contributed by atoms with Crippen LogP contribution in [0.5, 0.6) is 5.75 Å². The van der Waals surface area contributed by atoms with E-state index in [1.807, 2.05) is 31.2 Å². The molecule has 1 amide bonds. The maximum absolute atomic E-state index is 12.3. The highest BCUT2D eigenvalue weighted by Gasteiger charge is 2.23. The minimum absolute atomic E-state index is 0.0655. The molecule has 0 unspecified atom stereocenters. The van der Waals surface area contributed by atoms with Crippen LogP contribution in [-0.2, 0) is 17.9 Å². The van der Waals surface area contributed by atoms with Crippen LogP contribution in [0.3, 0.4) is 0 Å². The SMILES string of the molecule is Cc1cccc(OCc2nn(CC(=O)N[C@H]3CCCC[C@H]3C)c(=S)o2)c1. The molecule has 140 valence electrons. The summed E-state index contributed by atoms with van der Waals surface area (Å²) in [5.41, 5.74) is 1.11. The number of aryl methyl sites for hydroxylation is 1. The van der Waals surface area contributed by atoms with Crippen molar-refractivity contribution in [1.29, 1.82) is 0 Å². The molecule has 0 radical (unpaired) electrons. The second kappa shape index (κ2) is 8.49. The molecule has 26 heavy (non-hydrogen) atoms. The molecule has 1 aliphatic rings. The number of nitrogens with zero attached hydrogens (tertiary/aromatic N) is 2. The number of carbonyl (C=O) groups excluding carboxylic acids is 1. The predicted octanol–water partition coefficient (Wildman–Crippen LogP) is 3.79. The van der Waals surface area contributed by atoms with Gasteiger partial charge in [-0.1, -0.05) is 31.9 Å². The number of benzene rings is 1. The van der Waals surface area contributed by atoms with Crippen molar-refractivity contribution >= 4 is 18.1 Å². The van der Waals surface area contributed by atoms with Gasteiger partial charge in [-0.05, 0) is 55.6 Å². The third kappa shape index (κ3) is 4.94. The summed E-state index contributed by atoms with van der Waals surface area (Å²) in [7, 11) is 0. The highest BCUT2D eigenvalue weighted by atomic mass is 32.1. The average molecular weight is 375 g/mol. The van der Waals surface area contributed by atoms with Gasteiger partial charge in [0.25, 0.3) is 10.7 Å². The number of amides is 1. The summed E-state index contributed by atoms with van der Waals surface area (Å²) in [4.78, 5) is 12.5. The van der Waals surface area contributed by atoms with E-state index in [9.17, 15) is 4.79 Å². The van der Waals surface area contributed by atoms with Gasteiger partial charge < -0.3 is 14.5 Å². The standard InChI is InChI=1S/C19H25N3O3S/c1-13-6-5-8-15(10-13)24-12-18-21-22(19(26)25-18)11-17(23)20-16-9-4-3-7-14(16)2/h5-6,8,10,14,16H,3-4,7,9,11-12H2,1-2H3,(H,20,23)/t14-,16+/m1/s1. The summed E-state index contributed by atoms with van der Waals surface area (Å²) in [5, 5.41) is 7.36. The van der Waals surface area contributed by atoms with Gasteiger partial charge in [0.1, 0.15) is 12.3 Å². The molecule has 1 aromatic carbocycles. The van der Waals surface area contributed by atoms with Gasteiger partial charge in [0.05, 0.1) is 0 Å². The van der Waals surface area contributed by atoms with Crippen LogP contribution in [0.2, 0.25) is 0 Å². The van der Waals surface area contributed by atoms with Crippen molar-refractivity contribution in [3.8, 4) is 5.75 Å². The molecule has 1 N–H and O–H groups in total. The molecule has 7 heteroatoms. The second-order valence-corrected chi connectivity index (χ2v) is 7.31. The lowest BCUT2D eigenvalue weighted by Crippen LogP contribution is -2.42. The molecule has 0 bridgehead atoms. The molecule has 3 rings (SSSR count). The normalized spacial score (nSPS) is 19.9. The smallest absolute Gasteiger partial charge is 0.287 e. The molecule has 6 nitrogen and oxygen atoms in total. The first-order valence-corrected chi connectivity index (χ1v) is 9.48. The first-order chi connectivity index (χ1) is 12.5. The predicted molar refractivity (Wildman–Crippen MR) is 100 cm³/mol. The number of hydrogen-bond donors (Lipinski definition) is 1. The molecular formula is C19H25N3O3S. The van der Waals surface area contributed by atoms with E-state index in [0.29, 0.717) is 11.8 Å². The van der Waals surface area contributed by atoms with Crippen LogP contribution in [0.15, 0.2) is 28.7 Å². The topological polar surface area (TPSA) is 69.3 Å². The van der Waals surface area contributed by atoms with Crippen molar-refractivity contribution < 1.29 is 13.9 Å². The average Bonchev–Trinajstić information content (AvgIpc) is 2.95.